The first kappa shape index (κ1) is 11.9. The zero-order valence-electron chi connectivity index (χ0n) is 8.45. The summed E-state index contributed by atoms with van der Waals surface area (Å²) in [6.07, 6.45) is -1.49. The van der Waals surface area contributed by atoms with Gasteiger partial charge in [0.2, 0.25) is 0 Å². The van der Waals surface area contributed by atoms with Gasteiger partial charge in [-0.05, 0) is 12.0 Å². The van der Waals surface area contributed by atoms with Gasteiger partial charge in [0.25, 0.3) is 0 Å². The number of aliphatic hydroxyl groups excluding tert-OH is 3. The molecular weight excluding hydrogens is 192 g/mol. The van der Waals surface area contributed by atoms with Gasteiger partial charge in [-0.15, -0.1) is 6.58 Å². The van der Waals surface area contributed by atoms with Crippen LogP contribution in [0.5, 0.6) is 0 Å². The van der Waals surface area contributed by atoms with Crippen molar-refractivity contribution in [1.29, 1.82) is 0 Å². The van der Waals surface area contributed by atoms with Gasteiger partial charge in [-0.3, -0.25) is 0 Å². The Balaban J connectivity index is 2.68. The summed E-state index contributed by atoms with van der Waals surface area (Å²) >= 11 is 0. The van der Waals surface area contributed by atoms with Crippen molar-refractivity contribution in [3.63, 3.8) is 0 Å². The lowest BCUT2D eigenvalue weighted by atomic mass is 9.99. The summed E-state index contributed by atoms with van der Waals surface area (Å²) in [4.78, 5) is 0. The zero-order chi connectivity index (χ0) is 11.3. The lowest BCUT2D eigenvalue weighted by molar-refractivity contribution is -0.0590. The fourth-order valence-electron chi connectivity index (χ4n) is 1.37. The highest BCUT2D eigenvalue weighted by Gasteiger charge is 2.24. The Morgan fingerprint density at radius 2 is 1.73 bits per heavy atom. The number of benzene rings is 1. The molecule has 0 fully saturated rings. The molecule has 0 aliphatic heterocycles. The molecule has 0 heterocycles. The maximum Gasteiger partial charge on any atom is 0.110 e. The lowest BCUT2D eigenvalue weighted by Gasteiger charge is -2.22. The van der Waals surface area contributed by atoms with Crippen LogP contribution in [0.4, 0.5) is 0 Å². The van der Waals surface area contributed by atoms with E-state index >= 15 is 0 Å². The minimum atomic E-state index is -1.19. The zero-order valence-corrected chi connectivity index (χ0v) is 8.45. The first-order valence-electron chi connectivity index (χ1n) is 4.87. The third kappa shape index (κ3) is 3.16. The summed E-state index contributed by atoms with van der Waals surface area (Å²) in [7, 11) is 0. The number of hydrogen-bond donors (Lipinski definition) is 3. The third-order valence-electron chi connectivity index (χ3n) is 2.27. The largest absolute Gasteiger partial charge is 0.390 e. The normalized spacial score (nSPS) is 16.7. The monoisotopic (exact) mass is 208 g/mol. The Kier molecular flexibility index (Phi) is 4.49. The van der Waals surface area contributed by atoms with Crippen LogP contribution in [0, 0.1) is 0 Å². The second kappa shape index (κ2) is 5.66. The van der Waals surface area contributed by atoms with E-state index in [2.05, 4.69) is 6.58 Å². The van der Waals surface area contributed by atoms with Crippen molar-refractivity contribution in [1.82, 2.24) is 0 Å². The fraction of sp³-hybridized carbons (Fsp3) is 0.333. The molecule has 0 aliphatic rings. The Bertz CT molecular complexity index is 297. The molecule has 0 radical (unpaired) electrons. The molecule has 3 N–H and O–H groups in total. The summed E-state index contributed by atoms with van der Waals surface area (Å²) in [5, 5.41) is 28.8. The van der Waals surface area contributed by atoms with Gasteiger partial charge in [-0.1, -0.05) is 36.4 Å². The van der Waals surface area contributed by atoms with Gasteiger partial charge in [0, 0.05) is 0 Å². The summed E-state index contributed by atoms with van der Waals surface area (Å²) in [5.74, 6) is 0. The molecule has 0 bridgehead atoms. The Morgan fingerprint density at radius 3 is 2.27 bits per heavy atom. The highest BCUT2D eigenvalue weighted by atomic mass is 16.4. The maximum absolute atomic E-state index is 9.74. The van der Waals surface area contributed by atoms with Gasteiger partial charge in [0.15, 0.2) is 0 Å². The van der Waals surface area contributed by atoms with Crippen LogP contribution in [0.1, 0.15) is 18.1 Å². The van der Waals surface area contributed by atoms with Gasteiger partial charge in [-0.2, -0.15) is 0 Å². The van der Waals surface area contributed by atoms with Crippen molar-refractivity contribution in [2.24, 2.45) is 0 Å². The van der Waals surface area contributed by atoms with Crippen LogP contribution < -0.4 is 0 Å². The van der Waals surface area contributed by atoms with Crippen molar-refractivity contribution >= 4 is 0 Å². The number of hydrogen-bond acceptors (Lipinski definition) is 3. The smallest absolute Gasteiger partial charge is 0.110 e. The molecule has 3 nitrogen and oxygen atoms in total. The van der Waals surface area contributed by atoms with E-state index in [0.717, 1.165) is 0 Å². The topological polar surface area (TPSA) is 60.7 Å². The van der Waals surface area contributed by atoms with Crippen molar-refractivity contribution < 1.29 is 15.3 Å². The standard InChI is InChI=1S/C12H16O3/c1-2-6-10(13)12(15)11(14)9-7-4-3-5-8-9/h2-5,7-8,10-15H,1,6H2/t10-,11+,12+/m0/s1. The predicted molar refractivity (Wildman–Crippen MR) is 58.2 cm³/mol. The van der Waals surface area contributed by atoms with Crippen molar-refractivity contribution in [2.45, 2.75) is 24.7 Å². The van der Waals surface area contributed by atoms with Gasteiger partial charge < -0.3 is 15.3 Å². The van der Waals surface area contributed by atoms with Crippen LogP contribution in [-0.2, 0) is 0 Å². The van der Waals surface area contributed by atoms with E-state index in [9.17, 15) is 15.3 Å². The Morgan fingerprint density at radius 1 is 1.13 bits per heavy atom. The molecule has 0 aliphatic carbocycles. The second-order valence-electron chi connectivity index (χ2n) is 3.44. The third-order valence-corrected chi connectivity index (χ3v) is 2.27. The quantitative estimate of drug-likeness (QED) is 0.633. The molecule has 3 atom stereocenters. The van der Waals surface area contributed by atoms with Gasteiger partial charge in [0.05, 0.1) is 6.10 Å². The number of aliphatic hydroxyl groups is 3. The highest BCUT2D eigenvalue weighted by Crippen LogP contribution is 2.19. The molecule has 0 amide bonds. The van der Waals surface area contributed by atoms with Gasteiger partial charge in [0.1, 0.15) is 12.2 Å². The highest BCUT2D eigenvalue weighted by molar-refractivity contribution is 5.18. The molecule has 0 spiro atoms. The second-order valence-corrected chi connectivity index (χ2v) is 3.44. The molecule has 0 aromatic heterocycles. The fourth-order valence-corrected chi connectivity index (χ4v) is 1.37. The lowest BCUT2D eigenvalue weighted by Crippen LogP contribution is -2.31. The first-order chi connectivity index (χ1) is 7.16. The van der Waals surface area contributed by atoms with Crippen LogP contribution >= 0.6 is 0 Å². The minimum absolute atomic E-state index is 0.255. The van der Waals surface area contributed by atoms with Crippen LogP contribution in [-0.4, -0.2) is 27.5 Å². The molecule has 0 unspecified atom stereocenters. The SMILES string of the molecule is C=CC[C@H](O)[C@@H](O)[C@H](O)c1ccccc1. The summed E-state index contributed by atoms with van der Waals surface area (Å²) in [6, 6.07) is 8.77. The molecule has 1 aromatic carbocycles. The van der Waals surface area contributed by atoms with Crippen molar-refractivity contribution in [2.75, 3.05) is 0 Å². The van der Waals surface area contributed by atoms with E-state index in [1.807, 2.05) is 6.07 Å². The van der Waals surface area contributed by atoms with E-state index in [1.54, 1.807) is 24.3 Å². The summed E-state index contributed by atoms with van der Waals surface area (Å²) < 4.78 is 0. The van der Waals surface area contributed by atoms with Gasteiger partial charge in [-0.25, -0.2) is 0 Å². The average molecular weight is 208 g/mol. The summed E-state index contributed by atoms with van der Waals surface area (Å²) in [5.41, 5.74) is 0.591. The molecule has 1 aromatic rings. The maximum atomic E-state index is 9.74. The van der Waals surface area contributed by atoms with Crippen LogP contribution in [0.15, 0.2) is 43.0 Å². The Labute approximate surface area is 89.3 Å². The predicted octanol–water partition coefficient (Wildman–Crippen LogP) is 1.02. The van der Waals surface area contributed by atoms with Crippen molar-refractivity contribution in [3.8, 4) is 0 Å². The molecule has 82 valence electrons. The van der Waals surface area contributed by atoms with E-state index < -0.39 is 18.3 Å². The minimum Gasteiger partial charge on any atom is -0.390 e. The number of rotatable bonds is 5. The van der Waals surface area contributed by atoms with Gasteiger partial charge >= 0.3 is 0 Å². The molecule has 1 rings (SSSR count). The molecule has 0 saturated heterocycles. The molecular formula is C12H16O3. The van der Waals surface area contributed by atoms with Crippen molar-refractivity contribution in [3.05, 3.63) is 48.6 Å². The van der Waals surface area contributed by atoms with Crippen LogP contribution in [0.2, 0.25) is 0 Å². The van der Waals surface area contributed by atoms with Crippen LogP contribution in [0.3, 0.4) is 0 Å². The van der Waals surface area contributed by atoms with E-state index in [-0.39, 0.29) is 6.42 Å². The van der Waals surface area contributed by atoms with E-state index in [1.165, 1.54) is 6.08 Å². The summed E-state index contributed by atoms with van der Waals surface area (Å²) in [6.45, 7) is 3.46. The Hall–Kier alpha value is -1.16. The first-order valence-corrected chi connectivity index (χ1v) is 4.87. The van der Waals surface area contributed by atoms with E-state index in [4.69, 9.17) is 0 Å². The molecule has 0 saturated carbocycles. The van der Waals surface area contributed by atoms with E-state index in [0.29, 0.717) is 5.56 Å². The molecule has 15 heavy (non-hydrogen) atoms. The molecule has 3 heteroatoms. The average Bonchev–Trinajstić information content (AvgIpc) is 2.28. The van der Waals surface area contributed by atoms with Crippen LogP contribution in [0.25, 0.3) is 0 Å².